The number of hydrogen-bond acceptors (Lipinski definition) is 5. The Hall–Kier alpha value is 0.882. The van der Waals surface area contributed by atoms with Gasteiger partial charge in [-0.05, 0) is 46.8 Å². The summed E-state index contributed by atoms with van der Waals surface area (Å²) in [4.78, 5) is 0. The van der Waals surface area contributed by atoms with E-state index in [0.29, 0.717) is 15.6 Å². The van der Waals surface area contributed by atoms with Crippen LogP contribution in [-0.4, -0.2) is 36.8 Å². The van der Waals surface area contributed by atoms with Gasteiger partial charge < -0.3 is 9.47 Å². The summed E-state index contributed by atoms with van der Waals surface area (Å²) in [6, 6.07) is 5.33. The third kappa shape index (κ3) is 9.79. The predicted octanol–water partition coefficient (Wildman–Crippen LogP) is 6.56. The first-order chi connectivity index (χ1) is 13.5. The van der Waals surface area contributed by atoms with Gasteiger partial charge in [0.15, 0.2) is 0 Å². The number of ether oxygens (including phenoxy) is 2. The standard InChI is InChI=1S/C20H33Cl2NO5P.U/c1-14(2)23(15(3)4)29(24,25-7)28-12-16(5)11-26-17(6)27-13-18-19(21)9-8-10-20(18)22;/h8-11,14-17H,12-13H2,1-7H3;/q-1;. The third-order valence-electron chi connectivity index (χ3n) is 4.10. The molecule has 10 heteroatoms. The molecule has 0 aliphatic heterocycles. The number of benzene rings is 1. The summed E-state index contributed by atoms with van der Waals surface area (Å²) in [5.74, 6) is -0.130. The van der Waals surface area contributed by atoms with Gasteiger partial charge in [0, 0.05) is 72.5 Å². The van der Waals surface area contributed by atoms with Crippen LogP contribution in [0.3, 0.4) is 0 Å². The van der Waals surface area contributed by atoms with Crippen molar-refractivity contribution in [3.05, 3.63) is 40.4 Å². The van der Waals surface area contributed by atoms with Crippen LogP contribution in [0.15, 0.2) is 18.2 Å². The summed E-state index contributed by atoms with van der Waals surface area (Å²) >= 11 is 12.3. The smallest absolute Gasteiger partial charge is 0.408 e. The van der Waals surface area contributed by atoms with Crippen LogP contribution in [0.2, 0.25) is 10.0 Å². The zero-order chi connectivity index (χ0) is 22.2. The van der Waals surface area contributed by atoms with Gasteiger partial charge in [0.25, 0.3) is 0 Å². The van der Waals surface area contributed by atoms with Gasteiger partial charge in [-0.3, -0.25) is 9.05 Å². The van der Waals surface area contributed by atoms with E-state index in [1.165, 1.54) is 7.11 Å². The Bertz CT molecular complexity index is 652. The molecule has 0 bridgehead atoms. The molecule has 0 N–H and O–H groups in total. The van der Waals surface area contributed by atoms with E-state index >= 15 is 0 Å². The Labute approximate surface area is 215 Å². The molecule has 0 radical (unpaired) electrons. The van der Waals surface area contributed by atoms with E-state index in [-0.39, 0.29) is 62.3 Å². The van der Waals surface area contributed by atoms with E-state index in [1.54, 1.807) is 36.4 Å². The van der Waals surface area contributed by atoms with Crippen molar-refractivity contribution in [2.75, 3.05) is 13.7 Å². The Morgan fingerprint density at radius 2 is 1.60 bits per heavy atom. The fourth-order valence-corrected chi connectivity index (χ4v) is 5.27. The maximum absolute atomic E-state index is 13.1. The van der Waals surface area contributed by atoms with E-state index in [0.717, 1.165) is 0 Å². The molecule has 1 rings (SSSR count). The van der Waals surface area contributed by atoms with E-state index in [2.05, 4.69) is 0 Å². The topological polar surface area (TPSA) is 57.2 Å². The van der Waals surface area contributed by atoms with Crippen LogP contribution in [0.5, 0.6) is 0 Å². The van der Waals surface area contributed by atoms with Crippen molar-refractivity contribution in [1.29, 1.82) is 0 Å². The maximum Gasteiger partial charge on any atom is 0.408 e. The van der Waals surface area contributed by atoms with Gasteiger partial charge in [-0.25, -0.2) is 15.8 Å². The first-order valence-electron chi connectivity index (χ1n) is 9.64. The molecule has 30 heavy (non-hydrogen) atoms. The van der Waals surface area contributed by atoms with Crippen LogP contribution in [0.4, 0.5) is 0 Å². The molecule has 3 unspecified atom stereocenters. The van der Waals surface area contributed by atoms with Gasteiger partial charge in [0.1, 0.15) is 6.29 Å². The van der Waals surface area contributed by atoms with E-state index < -0.39 is 14.0 Å². The van der Waals surface area contributed by atoms with E-state index in [9.17, 15) is 4.57 Å². The normalized spacial score (nSPS) is 15.9. The molecule has 1 aromatic rings. The van der Waals surface area contributed by atoms with Crippen LogP contribution in [-0.2, 0) is 29.7 Å². The predicted molar refractivity (Wildman–Crippen MR) is 118 cm³/mol. The molecule has 0 aliphatic carbocycles. The first kappa shape index (κ1) is 30.9. The molecule has 0 saturated carbocycles. The van der Waals surface area contributed by atoms with Gasteiger partial charge in [-0.2, -0.15) is 0 Å². The summed E-state index contributed by atoms with van der Waals surface area (Å²) < 4.78 is 37.1. The Kier molecular flexibility index (Phi) is 15.4. The molecule has 0 aliphatic rings. The fraction of sp³-hybridized carbons (Fsp3) is 0.650. The van der Waals surface area contributed by atoms with Gasteiger partial charge in [0.2, 0.25) is 0 Å². The molecule has 0 heterocycles. The fourth-order valence-electron chi connectivity index (χ4n) is 2.78. The van der Waals surface area contributed by atoms with Gasteiger partial charge in [-0.1, -0.05) is 36.2 Å². The summed E-state index contributed by atoms with van der Waals surface area (Å²) in [7, 11) is -1.99. The molecule has 0 aromatic heterocycles. The number of hydrogen-bond donors (Lipinski definition) is 0. The monoisotopic (exact) mass is 706 g/mol. The van der Waals surface area contributed by atoms with Crippen LogP contribution in [0, 0.1) is 43.6 Å². The summed E-state index contributed by atoms with van der Waals surface area (Å²) in [6.45, 7) is 13.5. The van der Waals surface area contributed by atoms with Crippen LogP contribution in [0.1, 0.15) is 47.1 Å². The summed E-state index contributed by atoms with van der Waals surface area (Å²) in [5.41, 5.74) is 0.714. The molecular weight excluding hydrogens is 674 g/mol. The van der Waals surface area contributed by atoms with E-state index in [1.807, 2.05) is 34.6 Å². The Balaban J connectivity index is 0.00000841. The minimum atomic E-state index is -3.39. The Morgan fingerprint density at radius 1 is 1.07 bits per heavy atom. The molecule has 0 saturated heterocycles. The van der Waals surface area contributed by atoms with Crippen LogP contribution in [0.25, 0.3) is 0 Å². The van der Waals surface area contributed by atoms with Gasteiger partial charge in [-0.15, -0.1) is 5.92 Å². The largest absolute Gasteiger partial charge is 0.529 e. The second-order valence-electron chi connectivity index (χ2n) is 7.34. The van der Waals surface area contributed by atoms with Crippen LogP contribution >= 0.6 is 30.9 Å². The average molecular weight is 707 g/mol. The average Bonchev–Trinajstić information content (AvgIpc) is 2.63. The molecule has 3 atom stereocenters. The second kappa shape index (κ2) is 14.9. The maximum atomic E-state index is 13.1. The summed E-state index contributed by atoms with van der Waals surface area (Å²) in [6.07, 6.45) is -0.512. The third-order valence-corrected chi connectivity index (χ3v) is 7.23. The SMILES string of the molecule is COP(=O)(OCC(C)[CH-]OC(C)OCc1c(Cl)cccc1Cl)N(C(C)C)C(C)C.[U]. The number of rotatable bonds is 13. The minimum absolute atomic E-state index is 0. The number of nitrogens with zero attached hydrogens (tertiary/aromatic N) is 1. The van der Waals surface area contributed by atoms with E-state index in [4.69, 9.17) is 41.7 Å². The zero-order valence-electron chi connectivity index (χ0n) is 18.7. The van der Waals surface area contributed by atoms with Crippen molar-refractivity contribution in [3.8, 4) is 0 Å². The molecule has 172 valence electrons. The molecule has 0 amide bonds. The Morgan fingerprint density at radius 3 is 2.07 bits per heavy atom. The van der Waals surface area contributed by atoms with Gasteiger partial charge in [0.05, 0.1) is 6.61 Å². The zero-order valence-corrected chi connectivity index (χ0v) is 25.3. The molecule has 0 spiro atoms. The van der Waals surface area contributed by atoms with Crippen molar-refractivity contribution >= 4 is 30.9 Å². The minimum Gasteiger partial charge on any atom is -0.529 e. The quantitative estimate of drug-likeness (QED) is 0.132. The van der Waals surface area contributed by atoms with Crippen molar-refractivity contribution < 1.29 is 54.2 Å². The molecule has 0 fully saturated rings. The second-order valence-corrected chi connectivity index (χ2v) is 10.2. The number of halogens is 2. The summed E-state index contributed by atoms with van der Waals surface area (Å²) in [5, 5.41) is 1.09. The van der Waals surface area contributed by atoms with Crippen molar-refractivity contribution in [3.63, 3.8) is 0 Å². The van der Waals surface area contributed by atoms with Crippen molar-refractivity contribution in [2.24, 2.45) is 5.92 Å². The van der Waals surface area contributed by atoms with Crippen molar-refractivity contribution in [2.45, 2.75) is 66.5 Å². The molecule has 1 aromatic carbocycles. The molecule has 6 nitrogen and oxygen atoms in total. The van der Waals surface area contributed by atoms with Gasteiger partial charge >= 0.3 is 7.75 Å². The van der Waals surface area contributed by atoms with Crippen LogP contribution < -0.4 is 0 Å². The van der Waals surface area contributed by atoms with Crippen molar-refractivity contribution in [1.82, 2.24) is 4.67 Å². The molecular formula is C20H33Cl2NO5PU-. The first-order valence-corrected chi connectivity index (χ1v) is 11.9.